The fourth-order valence-electron chi connectivity index (χ4n) is 3.86. The van der Waals surface area contributed by atoms with Crippen molar-refractivity contribution < 1.29 is 22.7 Å². The molecule has 0 saturated carbocycles. The van der Waals surface area contributed by atoms with Gasteiger partial charge in [-0.25, -0.2) is 8.42 Å². The van der Waals surface area contributed by atoms with Crippen molar-refractivity contribution in [2.75, 3.05) is 24.5 Å². The number of nitrogens with zero attached hydrogens (tertiary/aromatic N) is 2. The molecule has 1 N–H and O–H groups in total. The Hall–Kier alpha value is -3.21. The van der Waals surface area contributed by atoms with E-state index in [0.717, 1.165) is 14.3 Å². The van der Waals surface area contributed by atoms with Crippen LogP contribution in [0.1, 0.15) is 12.5 Å². The number of ether oxygens (including phenoxy) is 1. The first-order valence-electron chi connectivity index (χ1n) is 11.4. The highest BCUT2D eigenvalue weighted by molar-refractivity contribution is 9.10. The summed E-state index contributed by atoms with van der Waals surface area (Å²) in [6.07, 6.45) is -0.939. The number of likely N-dealkylation sites (N-methyl/N-ethyl adjacent to an activating group) is 1. The quantitative estimate of drug-likeness (QED) is 0.446. The summed E-state index contributed by atoms with van der Waals surface area (Å²) in [6.45, 7) is 1.70. The molecule has 0 bridgehead atoms. The predicted molar refractivity (Wildman–Crippen MR) is 140 cm³/mol. The number of anilines is 1. The van der Waals surface area contributed by atoms with Crippen molar-refractivity contribution in [3.63, 3.8) is 0 Å². The normalized spacial score (nSPS) is 15.2. The van der Waals surface area contributed by atoms with Gasteiger partial charge in [0, 0.05) is 17.6 Å². The van der Waals surface area contributed by atoms with Crippen LogP contribution < -0.4 is 15.0 Å². The molecular weight excluding hydrogens is 546 g/mol. The maximum Gasteiger partial charge on any atom is 0.263 e. The van der Waals surface area contributed by atoms with Gasteiger partial charge < -0.3 is 15.0 Å². The van der Waals surface area contributed by atoms with E-state index >= 15 is 0 Å². The van der Waals surface area contributed by atoms with Gasteiger partial charge in [0.15, 0.2) is 6.10 Å². The monoisotopic (exact) mass is 571 g/mol. The smallest absolute Gasteiger partial charge is 0.263 e. The molecule has 3 aromatic rings. The number of halogens is 1. The van der Waals surface area contributed by atoms with Crippen LogP contribution in [-0.4, -0.2) is 50.3 Å². The van der Waals surface area contributed by atoms with E-state index in [9.17, 15) is 18.0 Å². The molecule has 2 amide bonds. The fraction of sp³-hybridized carbons (Fsp3) is 0.231. The van der Waals surface area contributed by atoms with Gasteiger partial charge in [-0.05, 0) is 42.0 Å². The minimum Gasteiger partial charge on any atom is -0.477 e. The van der Waals surface area contributed by atoms with Crippen LogP contribution in [0.25, 0.3) is 0 Å². The van der Waals surface area contributed by atoms with Crippen LogP contribution in [0.5, 0.6) is 5.75 Å². The molecule has 3 aromatic carbocycles. The Morgan fingerprint density at radius 1 is 1.03 bits per heavy atom. The third-order valence-electron chi connectivity index (χ3n) is 5.79. The second-order valence-corrected chi connectivity index (χ2v) is 11.0. The van der Waals surface area contributed by atoms with Crippen LogP contribution in [0.2, 0.25) is 0 Å². The number of amides is 2. The van der Waals surface area contributed by atoms with Crippen LogP contribution in [-0.2, 0) is 26.2 Å². The van der Waals surface area contributed by atoms with Crippen molar-refractivity contribution in [2.45, 2.75) is 24.5 Å². The lowest BCUT2D eigenvalue weighted by atomic mass is 10.1. The van der Waals surface area contributed by atoms with Gasteiger partial charge >= 0.3 is 0 Å². The maximum absolute atomic E-state index is 13.4. The van der Waals surface area contributed by atoms with Crippen molar-refractivity contribution in [3.8, 4) is 5.75 Å². The van der Waals surface area contributed by atoms with Crippen LogP contribution in [0.3, 0.4) is 0 Å². The van der Waals surface area contributed by atoms with Gasteiger partial charge in [0.25, 0.3) is 5.91 Å². The summed E-state index contributed by atoms with van der Waals surface area (Å²) in [5, 5.41) is 2.85. The number of para-hydroxylation sites is 2. The highest BCUT2D eigenvalue weighted by Crippen LogP contribution is 2.33. The van der Waals surface area contributed by atoms with Gasteiger partial charge in [0.1, 0.15) is 5.75 Å². The highest BCUT2D eigenvalue weighted by atomic mass is 79.9. The van der Waals surface area contributed by atoms with Crippen LogP contribution in [0.15, 0.2) is 88.2 Å². The van der Waals surface area contributed by atoms with Crippen LogP contribution in [0.4, 0.5) is 5.69 Å². The van der Waals surface area contributed by atoms with Crippen molar-refractivity contribution in [3.05, 3.63) is 88.9 Å². The Morgan fingerprint density at radius 3 is 2.39 bits per heavy atom. The summed E-state index contributed by atoms with van der Waals surface area (Å²) in [5.74, 6) is -0.425. The summed E-state index contributed by atoms with van der Waals surface area (Å²) in [7, 11) is -3.89. The first kappa shape index (κ1) is 25.9. The minimum absolute atomic E-state index is 0.0354. The lowest BCUT2D eigenvalue weighted by Gasteiger charge is -2.35. The number of carbonyl (C=O) groups excluding carboxylic acids is 2. The van der Waals surface area contributed by atoms with Crippen molar-refractivity contribution in [1.29, 1.82) is 0 Å². The third-order valence-corrected chi connectivity index (χ3v) is 8.26. The SMILES string of the molecule is CCN(CC(=O)N1CC(C(=O)NCc2ccccc2)Oc2ccccc21)S(=O)(=O)c1ccc(Br)cc1. The van der Waals surface area contributed by atoms with Gasteiger partial charge in [-0.15, -0.1) is 0 Å². The number of sulfonamides is 1. The third kappa shape index (κ3) is 5.77. The Kier molecular flexibility index (Phi) is 8.07. The number of nitrogens with one attached hydrogen (secondary N) is 1. The molecule has 1 heterocycles. The predicted octanol–water partition coefficient (Wildman–Crippen LogP) is 3.57. The Balaban J connectivity index is 1.52. The summed E-state index contributed by atoms with van der Waals surface area (Å²) >= 11 is 3.30. The Labute approximate surface area is 219 Å². The van der Waals surface area contributed by atoms with Gasteiger partial charge in [0.05, 0.1) is 23.7 Å². The molecule has 1 unspecified atom stereocenters. The molecule has 0 aromatic heterocycles. The Bertz CT molecular complexity index is 1330. The number of rotatable bonds is 8. The topological polar surface area (TPSA) is 96.0 Å². The minimum atomic E-state index is -3.89. The summed E-state index contributed by atoms with van der Waals surface area (Å²) in [4.78, 5) is 27.9. The fourth-order valence-corrected chi connectivity index (χ4v) is 5.53. The highest BCUT2D eigenvalue weighted by Gasteiger charge is 2.35. The molecule has 1 aliphatic heterocycles. The number of benzene rings is 3. The average Bonchev–Trinajstić information content (AvgIpc) is 2.90. The van der Waals surface area contributed by atoms with Gasteiger partial charge in [-0.2, -0.15) is 4.31 Å². The zero-order chi connectivity index (χ0) is 25.7. The molecule has 0 saturated heterocycles. The second-order valence-electron chi connectivity index (χ2n) is 8.17. The van der Waals surface area contributed by atoms with E-state index in [1.54, 1.807) is 43.3 Å². The maximum atomic E-state index is 13.4. The van der Waals surface area contributed by atoms with Crippen LogP contribution in [0, 0.1) is 0 Å². The second kappa shape index (κ2) is 11.2. The summed E-state index contributed by atoms with van der Waals surface area (Å²) < 4.78 is 34.1. The van der Waals surface area contributed by atoms with E-state index in [2.05, 4.69) is 21.2 Å². The zero-order valence-corrected chi connectivity index (χ0v) is 22.0. The molecule has 188 valence electrons. The molecule has 0 spiro atoms. The molecule has 1 atom stereocenters. The standard InChI is InChI=1S/C26H26BrN3O5S/c1-2-29(36(33,34)21-14-12-20(27)13-15-21)18-25(31)30-17-24(35-23-11-7-6-10-22(23)30)26(32)28-16-19-8-4-3-5-9-19/h3-15,24H,2,16-18H2,1H3,(H,28,32). The first-order valence-corrected chi connectivity index (χ1v) is 13.7. The van der Waals surface area contributed by atoms with E-state index in [0.29, 0.717) is 18.0 Å². The first-order chi connectivity index (χ1) is 17.3. The van der Waals surface area contributed by atoms with Crippen molar-refractivity contribution in [1.82, 2.24) is 9.62 Å². The van der Waals surface area contributed by atoms with E-state index in [1.807, 2.05) is 30.3 Å². The molecule has 4 rings (SSSR count). The number of carbonyl (C=O) groups is 2. The van der Waals surface area contributed by atoms with E-state index in [1.165, 1.54) is 17.0 Å². The van der Waals surface area contributed by atoms with E-state index < -0.39 is 22.0 Å². The lowest BCUT2D eigenvalue weighted by molar-refractivity contribution is -0.128. The van der Waals surface area contributed by atoms with Gasteiger partial charge in [0.2, 0.25) is 15.9 Å². The van der Waals surface area contributed by atoms with Crippen molar-refractivity contribution in [2.24, 2.45) is 0 Å². The summed E-state index contributed by atoms with van der Waals surface area (Å²) in [6, 6.07) is 22.6. The number of hydrogen-bond donors (Lipinski definition) is 1. The summed E-state index contributed by atoms with van der Waals surface area (Å²) in [5.41, 5.74) is 1.43. The number of fused-ring (bicyclic) bond motifs is 1. The van der Waals surface area contributed by atoms with Gasteiger partial charge in [-0.1, -0.05) is 65.3 Å². The van der Waals surface area contributed by atoms with Gasteiger partial charge in [-0.3, -0.25) is 9.59 Å². The van der Waals surface area contributed by atoms with Crippen molar-refractivity contribution >= 4 is 43.5 Å². The molecule has 36 heavy (non-hydrogen) atoms. The average molecular weight is 572 g/mol. The molecule has 0 fully saturated rings. The number of hydrogen-bond acceptors (Lipinski definition) is 5. The molecule has 8 nitrogen and oxygen atoms in total. The molecular formula is C26H26BrN3O5S. The molecule has 0 radical (unpaired) electrons. The van der Waals surface area contributed by atoms with Crippen LogP contribution >= 0.6 is 15.9 Å². The van der Waals surface area contributed by atoms with E-state index in [4.69, 9.17) is 4.74 Å². The molecule has 10 heteroatoms. The molecule has 0 aliphatic carbocycles. The lowest BCUT2D eigenvalue weighted by Crippen LogP contribution is -2.53. The largest absolute Gasteiger partial charge is 0.477 e. The molecule has 1 aliphatic rings. The van der Waals surface area contributed by atoms with E-state index in [-0.39, 0.29) is 30.4 Å². The Morgan fingerprint density at radius 2 is 1.69 bits per heavy atom. The zero-order valence-electron chi connectivity index (χ0n) is 19.6.